The molecular weight excluding hydrogens is 252 g/mol. The Balaban J connectivity index is 2.17. The van der Waals surface area contributed by atoms with Crippen LogP contribution < -0.4 is 10.6 Å². The van der Waals surface area contributed by atoms with Crippen molar-refractivity contribution in [3.63, 3.8) is 0 Å². The molecule has 1 fully saturated rings. The van der Waals surface area contributed by atoms with Gasteiger partial charge in [-0.15, -0.1) is 0 Å². The molecule has 1 aliphatic heterocycles. The summed E-state index contributed by atoms with van der Waals surface area (Å²) in [6, 6.07) is -0.908. The molecule has 7 heteroatoms. The molecule has 1 heterocycles. The molecule has 1 rings (SSSR count). The van der Waals surface area contributed by atoms with E-state index in [9.17, 15) is 9.59 Å². The molecule has 2 unspecified atom stereocenters. The molecule has 0 bridgehead atoms. The van der Waals surface area contributed by atoms with Crippen LogP contribution in [0.5, 0.6) is 0 Å². The van der Waals surface area contributed by atoms with Crippen LogP contribution in [-0.2, 0) is 14.3 Å². The number of urea groups is 1. The largest absolute Gasteiger partial charge is 0.481 e. The highest BCUT2D eigenvalue weighted by Gasteiger charge is 2.34. The van der Waals surface area contributed by atoms with Gasteiger partial charge < -0.3 is 25.2 Å². The minimum absolute atomic E-state index is 0.127. The predicted octanol–water partition coefficient (Wildman–Crippen LogP) is -0.0221. The van der Waals surface area contributed by atoms with Crippen LogP contribution in [0.1, 0.15) is 6.92 Å². The Kier molecular flexibility index (Phi) is 6.31. The normalized spacial score (nSPS) is 21.9. The van der Waals surface area contributed by atoms with Crippen molar-refractivity contribution in [2.24, 2.45) is 5.92 Å². The van der Waals surface area contributed by atoms with E-state index in [0.29, 0.717) is 19.8 Å². The minimum atomic E-state index is -0.965. The molecule has 0 aromatic rings. The number of hydrogen-bond acceptors (Lipinski definition) is 4. The maximum absolute atomic E-state index is 11.5. The summed E-state index contributed by atoms with van der Waals surface area (Å²) in [5.41, 5.74) is 0.914. The van der Waals surface area contributed by atoms with Crippen LogP contribution in [-0.4, -0.2) is 56.1 Å². The predicted molar refractivity (Wildman–Crippen MR) is 67.9 cm³/mol. The van der Waals surface area contributed by atoms with E-state index in [-0.39, 0.29) is 13.2 Å². The molecule has 0 radical (unpaired) electrons. The van der Waals surface area contributed by atoms with Gasteiger partial charge in [-0.2, -0.15) is 0 Å². The van der Waals surface area contributed by atoms with Gasteiger partial charge in [-0.25, -0.2) is 4.79 Å². The molecular formula is C12H20N2O5. The van der Waals surface area contributed by atoms with E-state index < -0.39 is 24.0 Å². The Morgan fingerprint density at radius 1 is 1.47 bits per heavy atom. The third kappa shape index (κ3) is 5.71. The molecule has 108 valence electrons. The summed E-state index contributed by atoms with van der Waals surface area (Å²) in [4.78, 5) is 22.4. The Bertz CT molecular complexity index is 345. The molecule has 1 aliphatic rings. The van der Waals surface area contributed by atoms with Crippen molar-refractivity contribution < 1.29 is 24.2 Å². The quantitative estimate of drug-likeness (QED) is 0.447. The van der Waals surface area contributed by atoms with Crippen LogP contribution in [0.4, 0.5) is 4.79 Å². The van der Waals surface area contributed by atoms with Crippen LogP contribution in [0.15, 0.2) is 12.2 Å². The topological polar surface area (TPSA) is 96.9 Å². The van der Waals surface area contributed by atoms with E-state index in [1.807, 2.05) is 6.92 Å². The van der Waals surface area contributed by atoms with Crippen molar-refractivity contribution in [1.29, 1.82) is 0 Å². The Morgan fingerprint density at radius 2 is 2.21 bits per heavy atom. The second kappa shape index (κ2) is 7.75. The molecule has 2 amide bonds. The lowest BCUT2D eigenvalue weighted by atomic mass is 10.0. The smallest absolute Gasteiger partial charge is 0.315 e. The van der Waals surface area contributed by atoms with E-state index in [2.05, 4.69) is 17.2 Å². The maximum atomic E-state index is 11.5. The number of hydrogen-bond donors (Lipinski definition) is 3. The zero-order chi connectivity index (χ0) is 14.3. The molecule has 19 heavy (non-hydrogen) atoms. The number of carbonyl (C=O) groups is 2. The summed E-state index contributed by atoms with van der Waals surface area (Å²) in [7, 11) is 0. The van der Waals surface area contributed by atoms with Crippen LogP contribution in [0, 0.1) is 5.92 Å². The summed E-state index contributed by atoms with van der Waals surface area (Å²) in [6.45, 7) is 7.08. The van der Waals surface area contributed by atoms with Crippen molar-refractivity contribution in [3.05, 3.63) is 12.2 Å². The standard InChI is InChI=1S/C12H20N2O5/c1-8(2)5-18-4-3-13-12(17)14-10-7-19-6-9(10)11(15)16/h9-10H,1,3-7H2,2H3,(H,15,16)(H2,13,14,17). The number of carbonyl (C=O) groups excluding carboxylic acids is 1. The van der Waals surface area contributed by atoms with Crippen LogP contribution in [0.2, 0.25) is 0 Å². The van der Waals surface area contributed by atoms with E-state index in [1.54, 1.807) is 0 Å². The van der Waals surface area contributed by atoms with E-state index in [1.165, 1.54) is 0 Å². The van der Waals surface area contributed by atoms with Gasteiger partial charge in [0.05, 0.1) is 32.5 Å². The summed E-state index contributed by atoms with van der Waals surface area (Å²) in [5, 5.41) is 14.1. The van der Waals surface area contributed by atoms with Gasteiger partial charge in [-0.3, -0.25) is 4.79 Å². The molecule has 2 atom stereocenters. The van der Waals surface area contributed by atoms with Gasteiger partial charge in [-0.05, 0) is 6.92 Å². The first-order valence-electron chi connectivity index (χ1n) is 6.07. The molecule has 0 saturated carbocycles. The van der Waals surface area contributed by atoms with Crippen LogP contribution in [0.3, 0.4) is 0 Å². The Hall–Kier alpha value is -1.60. The Morgan fingerprint density at radius 3 is 2.84 bits per heavy atom. The van der Waals surface area contributed by atoms with Gasteiger partial charge >= 0.3 is 12.0 Å². The van der Waals surface area contributed by atoms with Crippen molar-refractivity contribution in [3.8, 4) is 0 Å². The zero-order valence-electron chi connectivity index (χ0n) is 11.0. The molecule has 0 aliphatic carbocycles. The fourth-order valence-corrected chi connectivity index (χ4v) is 1.64. The summed E-state index contributed by atoms with van der Waals surface area (Å²) < 4.78 is 10.3. The monoisotopic (exact) mass is 272 g/mol. The zero-order valence-corrected chi connectivity index (χ0v) is 11.0. The van der Waals surface area contributed by atoms with Crippen molar-refractivity contribution in [2.75, 3.05) is 33.0 Å². The number of aliphatic carboxylic acids is 1. The molecule has 0 aromatic heterocycles. The molecule has 1 saturated heterocycles. The first kappa shape index (κ1) is 15.5. The van der Waals surface area contributed by atoms with Crippen molar-refractivity contribution in [1.82, 2.24) is 10.6 Å². The van der Waals surface area contributed by atoms with Gasteiger partial charge in [0, 0.05) is 6.54 Å². The van der Waals surface area contributed by atoms with Crippen molar-refractivity contribution in [2.45, 2.75) is 13.0 Å². The number of ether oxygens (including phenoxy) is 2. The lowest BCUT2D eigenvalue weighted by Gasteiger charge is -2.16. The van der Waals surface area contributed by atoms with E-state index in [4.69, 9.17) is 14.6 Å². The number of amides is 2. The lowest BCUT2D eigenvalue weighted by Crippen LogP contribution is -2.47. The van der Waals surface area contributed by atoms with E-state index >= 15 is 0 Å². The van der Waals surface area contributed by atoms with Gasteiger partial charge in [-0.1, -0.05) is 12.2 Å². The SMILES string of the molecule is C=C(C)COCCNC(=O)NC1COCC1C(=O)O. The average molecular weight is 272 g/mol. The molecule has 0 aromatic carbocycles. The first-order valence-corrected chi connectivity index (χ1v) is 6.07. The second-order valence-corrected chi connectivity index (χ2v) is 4.50. The number of rotatable bonds is 7. The highest BCUT2D eigenvalue weighted by Crippen LogP contribution is 2.13. The van der Waals surface area contributed by atoms with Crippen molar-refractivity contribution >= 4 is 12.0 Å². The average Bonchev–Trinajstić information content (AvgIpc) is 2.76. The maximum Gasteiger partial charge on any atom is 0.315 e. The number of nitrogens with one attached hydrogen (secondary N) is 2. The van der Waals surface area contributed by atoms with Gasteiger partial charge in [0.1, 0.15) is 5.92 Å². The van der Waals surface area contributed by atoms with E-state index in [0.717, 1.165) is 5.57 Å². The second-order valence-electron chi connectivity index (χ2n) is 4.50. The molecule has 0 spiro atoms. The van der Waals surface area contributed by atoms with Crippen LogP contribution >= 0.6 is 0 Å². The van der Waals surface area contributed by atoms with Gasteiger partial charge in [0.25, 0.3) is 0 Å². The molecule has 7 nitrogen and oxygen atoms in total. The third-order valence-corrected chi connectivity index (χ3v) is 2.59. The van der Waals surface area contributed by atoms with Gasteiger partial charge in [0.2, 0.25) is 0 Å². The number of carboxylic acid groups (broad SMARTS) is 1. The van der Waals surface area contributed by atoms with Gasteiger partial charge in [0.15, 0.2) is 0 Å². The third-order valence-electron chi connectivity index (χ3n) is 2.59. The minimum Gasteiger partial charge on any atom is -0.481 e. The fourth-order valence-electron chi connectivity index (χ4n) is 1.64. The fraction of sp³-hybridized carbons (Fsp3) is 0.667. The summed E-state index contributed by atoms with van der Waals surface area (Å²) >= 11 is 0. The summed E-state index contributed by atoms with van der Waals surface area (Å²) in [5.74, 6) is -1.65. The van der Waals surface area contributed by atoms with Crippen LogP contribution in [0.25, 0.3) is 0 Å². The Labute approximate surface area is 112 Å². The first-order chi connectivity index (χ1) is 9.00. The lowest BCUT2D eigenvalue weighted by molar-refractivity contribution is -0.142. The highest BCUT2D eigenvalue weighted by atomic mass is 16.5. The summed E-state index contributed by atoms with van der Waals surface area (Å²) in [6.07, 6.45) is 0. The molecule has 3 N–H and O–H groups in total. The highest BCUT2D eigenvalue weighted by molar-refractivity contribution is 5.77. The number of carboxylic acids is 1.